The van der Waals surface area contributed by atoms with Crippen molar-refractivity contribution in [2.24, 2.45) is 10.9 Å². The molecule has 6 rings (SSSR count). The van der Waals surface area contributed by atoms with Crippen molar-refractivity contribution >= 4 is 45.7 Å². The van der Waals surface area contributed by atoms with Crippen LogP contribution in [0.15, 0.2) is 86.0 Å². The molecule has 3 aromatic carbocycles. The van der Waals surface area contributed by atoms with Crippen molar-refractivity contribution in [3.05, 3.63) is 98.9 Å². The van der Waals surface area contributed by atoms with Crippen LogP contribution in [-0.2, 0) is 0 Å². The summed E-state index contributed by atoms with van der Waals surface area (Å²) in [7, 11) is 0. The first-order chi connectivity index (χ1) is 15.6. The Hall–Kier alpha value is -3.02. The second-order valence-electron chi connectivity index (χ2n) is 8.08. The van der Waals surface area contributed by atoms with Crippen molar-refractivity contribution in [2.45, 2.75) is 17.1 Å². The number of nitrogens with zero attached hydrogens (tertiary/aromatic N) is 1. The van der Waals surface area contributed by atoms with E-state index in [1.54, 1.807) is 18.0 Å². The van der Waals surface area contributed by atoms with Crippen LogP contribution < -0.4 is 10.2 Å². The zero-order valence-corrected chi connectivity index (χ0v) is 18.7. The maximum Gasteiger partial charge on any atom is 0.197 e. The van der Waals surface area contributed by atoms with Crippen LogP contribution in [0, 0.1) is 12.8 Å². The number of hydrogen-bond acceptors (Lipinski definition) is 5. The maximum atomic E-state index is 13.6. The van der Waals surface area contributed by atoms with Gasteiger partial charge in [-0.05, 0) is 49.4 Å². The lowest BCUT2D eigenvalue weighted by Gasteiger charge is -2.31. The number of thioether (sulfide) groups is 1. The van der Waals surface area contributed by atoms with E-state index in [2.05, 4.69) is 0 Å². The third-order valence-corrected chi connectivity index (χ3v) is 7.64. The smallest absolute Gasteiger partial charge is 0.197 e. The Bertz CT molecular complexity index is 1480. The summed E-state index contributed by atoms with van der Waals surface area (Å²) in [6.45, 7) is 2.40. The Balaban J connectivity index is 1.59. The molecule has 3 heterocycles. The lowest BCUT2D eigenvalue weighted by molar-refractivity contribution is 0.271. The first kappa shape index (κ1) is 19.6. The second kappa shape index (κ2) is 7.54. The number of aryl methyl sites for hydroxylation is 1. The molecule has 4 aromatic rings. The molecular weight excluding hydrogens is 442 g/mol. The lowest BCUT2D eigenvalue weighted by atomic mass is 9.88. The number of benzene rings is 3. The Morgan fingerprint density at radius 1 is 1.09 bits per heavy atom. The molecule has 0 N–H and O–H groups in total. The van der Waals surface area contributed by atoms with Crippen LogP contribution >= 0.6 is 23.4 Å². The van der Waals surface area contributed by atoms with E-state index in [4.69, 9.17) is 25.7 Å². The Kier molecular flexibility index (Phi) is 4.63. The van der Waals surface area contributed by atoms with Crippen LogP contribution in [-0.4, -0.2) is 12.3 Å². The normalized spacial score (nSPS) is 19.2. The molecule has 6 heteroatoms. The molecule has 0 amide bonds. The average Bonchev–Trinajstić information content (AvgIpc) is 2.97. The van der Waals surface area contributed by atoms with Gasteiger partial charge in [0, 0.05) is 21.0 Å². The molecule has 32 heavy (non-hydrogen) atoms. The van der Waals surface area contributed by atoms with Gasteiger partial charge in [0.2, 0.25) is 0 Å². The topological polar surface area (TPSA) is 51.8 Å². The molecule has 0 spiro atoms. The monoisotopic (exact) mass is 459 g/mol. The van der Waals surface area contributed by atoms with E-state index in [9.17, 15) is 4.79 Å². The first-order valence-electron chi connectivity index (χ1n) is 10.4. The van der Waals surface area contributed by atoms with Crippen molar-refractivity contribution in [1.82, 2.24) is 0 Å². The molecule has 0 radical (unpaired) electrons. The molecule has 158 valence electrons. The standard InChI is InChI=1S/C26H18ClNO3S/c1-14-6-8-22-17(10-14)25(29)19(13-31-22)26-18-12-30-21-9-7-15(27)11-16(21)24(18)28-20-4-2-3-5-23(20)32-26/h2-11,13,18,26H,12H2,1H3/t18-,26-/m1/s1. The van der Waals surface area contributed by atoms with Gasteiger partial charge in [0.15, 0.2) is 5.43 Å². The second-order valence-corrected chi connectivity index (χ2v) is 9.70. The number of halogens is 1. The molecule has 0 saturated heterocycles. The van der Waals surface area contributed by atoms with Crippen molar-refractivity contribution in [3.8, 4) is 5.75 Å². The summed E-state index contributed by atoms with van der Waals surface area (Å²) in [5.41, 5.74) is 4.87. The molecule has 0 bridgehead atoms. The highest BCUT2D eigenvalue weighted by atomic mass is 35.5. The largest absolute Gasteiger partial charge is 0.492 e. The molecule has 2 aliphatic rings. The fraction of sp³-hybridized carbons (Fsp3) is 0.154. The maximum absolute atomic E-state index is 13.6. The highest BCUT2D eigenvalue weighted by Gasteiger charge is 2.39. The van der Waals surface area contributed by atoms with Crippen LogP contribution in [0.5, 0.6) is 5.75 Å². The molecule has 1 aromatic heterocycles. The number of para-hydroxylation sites is 1. The summed E-state index contributed by atoms with van der Waals surface area (Å²) in [4.78, 5) is 19.7. The lowest BCUT2D eigenvalue weighted by Crippen LogP contribution is -2.33. The summed E-state index contributed by atoms with van der Waals surface area (Å²) < 4.78 is 12.0. The SMILES string of the molecule is Cc1ccc2occ([C@@H]3Sc4ccccc4N=C4c5cc(Cl)ccc5OC[C@H]43)c(=O)c2c1. The van der Waals surface area contributed by atoms with Gasteiger partial charge >= 0.3 is 0 Å². The van der Waals surface area contributed by atoms with Crippen LogP contribution in [0.3, 0.4) is 0 Å². The summed E-state index contributed by atoms with van der Waals surface area (Å²) in [5.74, 6) is 0.622. The van der Waals surface area contributed by atoms with E-state index < -0.39 is 0 Å². The van der Waals surface area contributed by atoms with Crippen molar-refractivity contribution < 1.29 is 9.15 Å². The van der Waals surface area contributed by atoms with Gasteiger partial charge in [0.05, 0.1) is 40.8 Å². The van der Waals surface area contributed by atoms with E-state index >= 15 is 0 Å². The number of aliphatic imine (C=N–C) groups is 1. The molecule has 4 nitrogen and oxygen atoms in total. The number of hydrogen-bond donors (Lipinski definition) is 0. The predicted octanol–water partition coefficient (Wildman–Crippen LogP) is 6.73. The highest BCUT2D eigenvalue weighted by molar-refractivity contribution is 7.99. The minimum absolute atomic E-state index is 0.0110. The molecule has 0 aliphatic carbocycles. The quantitative estimate of drug-likeness (QED) is 0.316. The highest BCUT2D eigenvalue weighted by Crippen LogP contribution is 2.50. The molecular formula is C26H18ClNO3S. The van der Waals surface area contributed by atoms with Crippen LogP contribution in [0.2, 0.25) is 5.02 Å². The van der Waals surface area contributed by atoms with E-state index in [0.717, 1.165) is 33.2 Å². The van der Waals surface area contributed by atoms with Gasteiger partial charge in [0.25, 0.3) is 0 Å². The summed E-state index contributed by atoms with van der Waals surface area (Å²) in [6.07, 6.45) is 1.61. The Morgan fingerprint density at radius 3 is 2.88 bits per heavy atom. The number of ether oxygens (including phenoxy) is 1. The molecule has 2 aliphatic heterocycles. The zero-order valence-electron chi connectivity index (χ0n) is 17.2. The van der Waals surface area contributed by atoms with E-state index in [1.165, 1.54) is 0 Å². The van der Waals surface area contributed by atoms with Crippen LogP contribution in [0.25, 0.3) is 11.0 Å². The molecule has 2 atom stereocenters. The van der Waals surface area contributed by atoms with E-state index in [1.807, 2.05) is 67.6 Å². The molecule has 0 saturated carbocycles. The van der Waals surface area contributed by atoms with Gasteiger partial charge in [-0.1, -0.05) is 35.4 Å². The minimum Gasteiger partial charge on any atom is -0.492 e. The zero-order chi connectivity index (χ0) is 21.8. The van der Waals surface area contributed by atoms with Gasteiger partial charge < -0.3 is 9.15 Å². The van der Waals surface area contributed by atoms with Crippen molar-refractivity contribution in [2.75, 3.05) is 6.61 Å². The van der Waals surface area contributed by atoms with E-state index in [-0.39, 0.29) is 16.6 Å². The van der Waals surface area contributed by atoms with E-state index in [0.29, 0.717) is 28.2 Å². The van der Waals surface area contributed by atoms with Crippen LogP contribution in [0.1, 0.15) is 21.9 Å². The predicted molar refractivity (Wildman–Crippen MR) is 129 cm³/mol. The summed E-state index contributed by atoms with van der Waals surface area (Å²) >= 11 is 7.96. The van der Waals surface area contributed by atoms with Gasteiger partial charge in [0.1, 0.15) is 11.3 Å². The Morgan fingerprint density at radius 2 is 1.97 bits per heavy atom. The number of rotatable bonds is 1. The first-order valence-corrected chi connectivity index (χ1v) is 11.6. The van der Waals surface area contributed by atoms with Gasteiger partial charge in [-0.3, -0.25) is 9.79 Å². The third-order valence-electron chi connectivity index (χ3n) is 5.97. The fourth-order valence-electron chi connectivity index (χ4n) is 4.39. The van der Waals surface area contributed by atoms with Crippen molar-refractivity contribution in [3.63, 3.8) is 0 Å². The third kappa shape index (κ3) is 3.15. The summed E-state index contributed by atoms with van der Waals surface area (Å²) in [6, 6.07) is 19.3. The molecule has 0 fully saturated rings. The van der Waals surface area contributed by atoms with Crippen molar-refractivity contribution in [1.29, 1.82) is 0 Å². The number of fused-ring (bicyclic) bond motifs is 5. The van der Waals surface area contributed by atoms with Gasteiger partial charge in [-0.2, -0.15) is 0 Å². The average molecular weight is 460 g/mol. The fourth-order valence-corrected chi connectivity index (χ4v) is 5.89. The Labute approximate surface area is 193 Å². The van der Waals surface area contributed by atoms with Gasteiger partial charge in [-0.15, -0.1) is 11.8 Å². The summed E-state index contributed by atoms with van der Waals surface area (Å²) in [5, 5.41) is 1.00. The van der Waals surface area contributed by atoms with Gasteiger partial charge in [-0.25, -0.2) is 0 Å². The van der Waals surface area contributed by atoms with Crippen LogP contribution in [0.4, 0.5) is 5.69 Å². The minimum atomic E-state index is -0.217. The molecule has 0 unspecified atom stereocenters.